The van der Waals surface area contributed by atoms with E-state index in [1.807, 2.05) is 0 Å². The molecule has 0 fully saturated rings. The van der Waals surface area contributed by atoms with Gasteiger partial charge in [-0.3, -0.25) is 4.79 Å². The number of halogens is 1. The molecule has 0 aliphatic carbocycles. The molecule has 0 aromatic carbocycles. The lowest BCUT2D eigenvalue weighted by Gasteiger charge is -1.91. The number of nitrogens with zero attached hydrogens (tertiary/aromatic N) is 2. The smallest absolute Gasteiger partial charge is 0.225 e. The van der Waals surface area contributed by atoms with Crippen molar-refractivity contribution in [3.8, 4) is 0 Å². The normalized spacial score (nSPS) is 10.2. The molecular weight excluding hydrogens is 228 g/mol. The number of ketones is 1. The molecule has 6 heteroatoms. The van der Waals surface area contributed by atoms with Crippen molar-refractivity contribution in [3.05, 3.63) is 33.2 Å². The topological polar surface area (TPSA) is 42.9 Å². The van der Waals surface area contributed by atoms with Gasteiger partial charge in [-0.2, -0.15) is 8.75 Å². The van der Waals surface area contributed by atoms with E-state index in [2.05, 4.69) is 8.75 Å². The lowest BCUT2D eigenvalue weighted by atomic mass is 10.2. The summed E-state index contributed by atoms with van der Waals surface area (Å²) in [5.74, 6) is -0.159. The van der Waals surface area contributed by atoms with Crippen LogP contribution in [0.1, 0.15) is 15.4 Å². The molecule has 3 nitrogen and oxygen atoms in total. The quantitative estimate of drug-likeness (QED) is 0.745. The van der Waals surface area contributed by atoms with Gasteiger partial charge in [0.15, 0.2) is 0 Å². The van der Waals surface area contributed by atoms with Crippen LogP contribution in [-0.4, -0.2) is 14.5 Å². The maximum Gasteiger partial charge on any atom is 0.225 e. The van der Waals surface area contributed by atoms with Crippen LogP contribution in [0.2, 0.25) is 5.02 Å². The highest BCUT2D eigenvalue weighted by Crippen LogP contribution is 2.24. The third-order valence-corrected chi connectivity index (χ3v) is 3.24. The van der Waals surface area contributed by atoms with Crippen molar-refractivity contribution in [1.82, 2.24) is 8.75 Å². The number of carbonyl (C=O) groups is 1. The Kier molecular flexibility index (Phi) is 2.39. The Bertz CT molecular complexity index is 423. The Morgan fingerprint density at radius 1 is 1.54 bits per heavy atom. The van der Waals surface area contributed by atoms with Crippen LogP contribution in [0.4, 0.5) is 0 Å². The number of rotatable bonds is 2. The summed E-state index contributed by atoms with van der Waals surface area (Å²) in [5.41, 5.74) is 0.356. The molecule has 2 heterocycles. The van der Waals surface area contributed by atoms with E-state index in [1.54, 1.807) is 11.4 Å². The molecule has 66 valence electrons. The van der Waals surface area contributed by atoms with E-state index in [0.29, 0.717) is 15.6 Å². The molecule has 2 rings (SSSR count). The van der Waals surface area contributed by atoms with E-state index in [0.717, 1.165) is 11.7 Å². The molecular formula is C7H3ClN2OS2. The van der Waals surface area contributed by atoms with E-state index in [1.165, 1.54) is 17.5 Å². The SMILES string of the molecule is O=C(c1cnsn1)c1sccc1Cl. The fourth-order valence-corrected chi connectivity index (χ4v) is 2.34. The zero-order valence-corrected chi connectivity index (χ0v) is 8.62. The van der Waals surface area contributed by atoms with E-state index in [4.69, 9.17) is 11.6 Å². The molecule has 0 bridgehead atoms. The molecule has 13 heavy (non-hydrogen) atoms. The second kappa shape index (κ2) is 3.53. The van der Waals surface area contributed by atoms with E-state index in [9.17, 15) is 4.79 Å². The molecule has 0 saturated carbocycles. The van der Waals surface area contributed by atoms with Crippen LogP contribution in [0.5, 0.6) is 0 Å². The van der Waals surface area contributed by atoms with Gasteiger partial charge in [-0.1, -0.05) is 11.6 Å². The third kappa shape index (κ3) is 1.63. The Hall–Kier alpha value is -0.780. The minimum absolute atomic E-state index is 0.159. The van der Waals surface area contributed by atoms with Gasteiger partial charge in [-0.05, 0) is 11.4 Å². The summed E-state index contributed by atoms with van der Waals surface area (Å²) in [5, 5.41) is 2.25. The number of aromatic nitrogens is 2. The van der Waals surface area contributed by atoms with Crippen LogP contribution in [-0.2, 0) is 0 Å². The summed E-state index contributed by atoms with van der Waals surface area (Å²) in [4.78, 5) is 12.1. The predicted octanol–water partition coefficient (Wildman–Crippen LogP) is 2.48. The first-order valence-corrected chi connectivity index (χ1v) is 5.33. The van der Waals surface area contributed by atoms with Crippen molar-refractivity contribution in [2.24, 2.45) is 0 Å². The average molecular weight is 231 g/mol. The van der Waals surface area contributed by atoms with Gasteiger partial charge in [0, 0.05) is 0 Å². The molecule has 0 aliphatic heterocycles. The fourth-order valence-electron chi connectivity index (χ4n) is 0.837. The summed E-state index contributed by atoms with van der Waals surface area (Å²) in [6.07, 6.45) is 1.45. The summed E-state index contributed by atoms with van der Waals surface area (Å²) in [6.45, 7) is 0. The lowest BCUT2D eigenvalue weighted by Crippen LogP contribution is -1.98. The molecule has 0 atom stereocenters. The molecule has 2 aromatic heterocycles. The van der Waals surface area contributed by atoms with Crippen LogP contribution < -0.4 is 0 Å². The van der Waals surface area contributed by atoms with Crippen LogP contribution in [0.3, 0.4) is 0 Å². The highest BCUT2D eigenvalue weighted by molar-refractivity contribution is 7.13. The van der Waals surface area contributed by atoms with Crippen molar-refractivity contribution in [2.75, 3.05) is 0 Å². The Balaban J connectivity index is 2.39. The van der Waals surface area contributed by atoms with Crippen molar-refractivity contribution in [1.29, 1.82) is 0 Å². The minimum atomic E-state index is -0.159. The lowest BCUT2D eigenvalue weighted by molar-refractivity contribution is 0.103. The number of carbonyl (C=O) groups excluding carboxylic acids is 1. The molecule has 2 aromatic rings. The summed E-state index contributed by atoms with van der Waals surface area (Å²) in [7, 11) is 0. The van der Waals surface area contributed by atoms with Gasteiger partial charge >= 0.3 is 0 Å². The van der Waals surface area contributed by atoms with E-state index < -0.39 is 0 Å². The maximum atomic E-state index is 11.6. The van der Waals surface area contributed by atoms with E-state index >= 15 is 0 Å². The second-order valence-electron chi connectivity index (χ2n) is 2.22. The average Bonchev–Trinajstić information content (AvgIpc) is 2.72. The first-order chi connectivity index (χ1) is 6.29. The number of hydrogen-bond acceptors (Lipinski definition) is 5. The monoisotopic (exact) mass is 230 g/mol. The van der Waals surface area contributed by atoms with E-state index in [-0.39, 0.29) is 5.78 Å². The summed E-state index contributed by atoms with van der Waals surface area (Å²) in [6, 6.07) is 1.69. The molecule has 0 N–H and O–H groups in total. The first-order valence-electron chi connectivity index (χ1n) is 3.34. The summed E-state index contributed by atoms with van der Waals surface area (Å²) >= 11 is 8.12. The molecule has 0 saturated heterocycles. The van der Waals surface area contributed by atoms with Gasteiger partial charge in [0.25, 0.3) is 0 Å². The Morgan fingerprint density at radius 2 is 2.38 bits per heavy atom. The second-order valence-corrected chi connectivity index (χ2v) is 4.10. The van der Waals surface area contributed by atoms with Gasteiger partial charge in [0.1, 0.15) is 5.69 Å². The van der Waals surface area contributed by atoms with Crippen molar-refractivity contribution in [3.63, 3.8) is 0 Å². The summed E-state index contributed by atoms with van der Waals surface area (Å²) < 4.78 is 7.60. The van der Waals surface area contributed by atoms with Gasteiger partial charge < -0.3 is 0 Å². The first kappa shape index (κ1) is 8.80. The van der Waals surface area contributed by atoms with Crippen LogP contribution >= 0.6 is 34.7 Å². The zero-order valence-electron chi connectivity index (χ0n) is 6.23. The largest absolute Gasteiger partial charge is 0.286 e. The number of hydrogen-bond donors (Lipinski definition) is 0. The van der Waals surface area contributed by atoms with Crippen molar-refractivity contribution in [2.45, 2.75) is 0 Å². The molecule has 0 unspecified atom stereocenters. The van der Waals surface area contributed by atoms with Crippen LogP contribution in [0.25, 0.3) is 0 Å². The standard InChI is InChI=1S/C7H3ClN2OS2/c8-4-1-2-12-7(4)6(11)5-3-9-13-10-5/h1-3H. The van der Waals surface area contributed by atoms with Crippen molar-refractivity contribution < 1.29 is 4.79 Å². The zero-order chi connectivity index (χ0) is 9.26. The maximum absolute atomic E-state index is 11.6. The minimum Gasteiger partial charge on any atom is -0.286 e. The molecule has 0 aliphatic rings. The molecule has 0 spiro atoms. The van der Waals surface area contributed by atoms with Crippen LogP contribution in [0, 0.1) is 0 Å². The third-order valence-electron chi connectivity index (χ3n) is 1.42. The molecule has 0 amide bonds. The van der Waals surface area contributed by atoms with Gasteiger partial charge in [0.05, 0.1) is 27.8 Å². The Labute approximate surface area is 87.3 Å². The Morgan fingerprint density at radius 3 is 2.92 bits per heavy atom. The predicted molar refractivity (Wildman–Crippen MR) is 52.7 cm³/mol. The highest BCUT2D eigenvalue weighted by Gasteiger charge is 2.16. The van der Waals surface area contributed by atoms with Crippen LogP contribution in [0.15, 0.2) is 17.6 Å². The molecule has 0 radical (unpaired) electrons. The number of thiophene rings is 1. The van der Waals surface area contributed by atoms with Gasteiger partial charge in [-0.25, -0.2) is 0 Å². The van der Waals surface area contributed by atoms with Gasteiger partial charge in [-0.15, -0.1) is 11.3 Å². The fraction of sp³-hybridized carbons (Fsp3) is 0. The highest BCUT2D eigenvalue weighted by atomic mass is 35.5. The van der Waals surface area contributed by atoms with Crippen molar-refractivity contribution >= 4 is 40.4 Å². The van der Waals surface area contributed by atoms with Gasteiger partial charge in [0.2, 0.25) is 5.78 Å².